The molecule has 5 nitrogen and oxygen atoms in total. The molecule has 6 heteroatoms. The first-order valence-electron chi connectivity index (χ1n) is 9.79. The lowest BCUT2D eigenvalue weighted by atomic mass is 10.1. The number of benzene rings is 2. The number of rotatable bonds is 7. The number of thiazole rings is 1. The van der Waals surface area contributed by atoms with Crippen molar-refractivity contribution in [3.05, 3.63) is 65.2 Å². The minimum atomic E-state index is -0.0503. The second-order valence-corrected chi connectivity index (χ2v) is 8.08. The topological polar surface area (TPSA) is 51.7 Å². The van der Waals surface area contributed by atoms with Crippen LogP contribution in [0.2, 0.25) is 0 Å². The molecule has 1 aliphatic heterocycles. The first kappa shape index (κ1) is 19.6. The fourth-order valence-corrected chi connectivity index (χ4v) is 4.39. The summed E-state index contributed by atoms with van der Waals surface area (Å²) in [5.74, 6) is 0.735. The fraction of sp³-hybridized carbons (Fsp3) is 0.304. The van der Waals surface area contributed by atoms with Crippen LogP contribution >= 0.6 is 11.3 Å². The Morgan fingerprint density at radius 2 is 2.10 bits per heavy atom. The number of amides is 1. The van der Waals surface area contributed by atoms with Crippen LogP contribution in [0.15, 0.2) is 54.6 Å². The number of para-hydroxylation sites is 2. The van der Waals surface area contributed by atoms with Crippen LogP contribution in [-0.4, -0.2) is 42.2 Å². The molecule has 0 spiro atoms. The molecule has 1 aliphatic rings. The van der Waals surface area contributed by atoms with Crippen molar-refractivity contribution in [2.75, 3.05) is 20.3 Å². The van der Waals surface area contributed by atoms with Gasteiger partial charge in [0.1, 0.15) is 10.8 Å². The van der Waals surface area contributed by atoms with E-state index in [-0.39, 0.29) is 12.0 Å². The predicted octanol–water partition coefficient (Wildman–Crippen LogP) is 4.53. The summed E-state index contributed by atoms with van der Waals surface area (Å²) in [6.45, 7) is 1.82. The number of methoxy groups -OCH3 is 1. The van der Waals surface area contributed by atoms with E-state index in [1.165, 1.54) is 0 Å². The minimum absolute atomic E-state index is 0.0503. The van der Waals surface area contributed by atoms with Crippen molar-refractivity contribution in [1.82, 2.24) is 9.88 Å². The maximum Gasteiger partial charge on any atom is 0.247 e. The van der Waals surface area contributed by atoms with Gasteiger partial charge < -0.3 is 14.4 Å². The molecule has 150 valence electrons. The van der Waals surface area contributed by atoms with Crippen molar-refractivity contribution in [2.45, 2.75) is 25.5 Å². The Hall–Kier alpha value is -2.70. The molecule has 0 radical (unpaired) electrons. The van der Waals surface area contributed by atoms with Crippen LogP contribution < -0.4 is 4.74 Å². The van der Waals surface area contributed by atoms with Crippen molar-refractivity contribution < 1.29 is 14.3 Å². The molecule has 29 heavy (non-hydrogen) atoms. The average Bonchev–Trinajstić information content (AvgIpc) is 3.41. The molecule has 1 aromatic heterocycles. The molecule has 2 heterocycles. The summed E-state index contributed by atoms with van der Waals surface area (Å²) >= 11 is 1.58. The monoisotopic (exact) mass is 408 g/mol. The second-order valence-electron chi connectivity index (χ2n) is 7.02. The van der Waals surface area contributed by atoms with Crippen molar-refractivity contribution in [1.29, 1.82) is 0 Å². The van der Waals surface area contributed by atoms with Crippen LogP contribution in [0, 0.1) is 0 Å². The molecule has 0 bridgehead atoms. The van der Waals surface area contributed by atoms with E-state index in [1.807, 2.05) is 53.4 Å². The second kappa shape index (κ2) is 9.20. The van der Waals surface area contributed by atoms with Crippen LogP contribution in [0.3, 0.4) is 0 Å². The van der Waals surface area contributed by atoms with E-state index >= 15 is 0 Å². The van der Waals surface area contributed by atoms with Gasteiger partial charge in [0.25, 0.3) is 0 Å². The van der Waals surface area contributed by atoms with Gasteiger partial charge in [-0.25, -0.2) is 4.98 Å². The zero-order chi connectivity index (χ0) is 20.1. The Labute approximate surface area is 174 Å². The van der Waals surface area contributed by atoms with Crippen molar-refractivity contribution in [2.24, 2.45) is 0 Å². The van der Waals surface area contributed by atoms with Crippen LogP contribution in [-0.2, 0) is 16.1 Å². The van der Waals surface area contributed by atoms with Crippen LogP contribution in [0.1, 0.15) is 23.4 Å². The molecule has 1 atom stereocenters. The van der Waals surface area contributed by atoms with Crippen LogP contribution in [0.5, 0.6) is 5.75 Å². The molecular weight excluding hydrogens is 384 g/mol. The van der Waals surface area contributed by atoms with Crippen molar-refractivity contribution >= 4 is 33.5 Å². The molecule has 0 aliphatic carbocycles. The highest BCUT2D eigenvalue weighted by molar-refractivity contribution is 7.19. The van der Waals surface area contributed by atoms with E-state index in [0.29, 0.717) is 13.1 Å². The first-order valence-corrected chi connectivity index (χ1v) is 10.6. The lowest BCUT2D eigenvalue weighted by molar-refractivity contribution is -0.128. The molecule has 0 saturated carbocycles. The predicted molar refractivity (Wildman–Crippen MR) is 116 cm³/mol. The third-order valence-corrected chi connectivity index (χ3v) is 5.99. The highest BCUT2D eigenvalue weighted by atomic mass is 32.1. The Morgan fingerprint density at radius 1 is 1.28 bits per heavy atom. The van der Waals surface area contributed by atoms with Gasteiger partial charge in [0.2, 0.25) is 5.91 Å². The highest BCUT2D eigenvalue weighted by Gasteiger charge is 2.22. The SMILES string of the molecule is COc1ccccc1CN(CC1CCCO1)C(=O)/C=C/c1nc2ccccc2s1. The molecule has 1 unspecified atom stereocenters. The summed E-state index contributed by atoms with van der Waals surface area (Å²) in [5.41, 5.74) is 1.93. The standard InChI is InChI=1S/C23H24N2O3S/c1-27-20-10-4-2-7-17(20)15-25(16-18-8-6-14-28-18)23(26)13-12-22-24-19-9-3-5-11-21(19)29-22/h2-5,7,9-13,18H,6,8,14-16H2,1H3/b13-12+. The Bertz CT molecular complexity index is 975. The van der Waals surface area contributed by atoms with Crippen molar-refractivity contribution in [3.8, 4) is 5.75 Å². The maximum absolute atomic E-state index is 13.0. The number of fused-ring (bicyclic) bond motifs is 1. The van der Waals surface area contributed by atoms with E-state index in [4.69, 9.17) is 9.47 Å². The van der Waals surface area contributed by atoms with E-state index in [9.17, 15) is 4.79 Å². The number of carbonyl (C=O) groups is 1. The zero-order valence-corrected chi connectivity index (χ0v) is 17.2. The summed E-state index contributed by atoms with van der Waals surface area (Å²) in [5, 5.41) is 0.828. The molecular formula is C23H24N2O3S. The highest BCUT2D eigenvalue weighted by Crippen LogP contribution is 2.24. The van der Waals surface area contributed by atoms with Gasteiger partial charge in [-0.1, -0.05) is 30.3 Å². The molecule has 1 saturated heterocycles. The van der Waals surface area contributed by atoms with Gasteiger partial charge in [-0.3, -0.25) is 4.79 Å². The van der Waals surface area contributed by atoms with Gasteiger partial charge in [-0.05, 0) is 37.1 Å². The lowest BCUT2D eigenvalue weighted by Crippen LogP contribution is -2.36. The van der Waals surface area contributed by atoms with E-state index < -0.39 is 0 Å². The van der Waals surface area contributed by atoms with E-state index in [2.05, 4.69) is 4.98 Å². The number of nitrogens with zero attached hydrogens (tertiary/aromatic N) is 2. The molecule has 2 aromatic carbocycles. The third-order valence-electron chi connectivity index (χ3n) is 4.99. The molecule has 1 amide bonds. The van der Waals surface area contributed by atoms with E-state index in [1.54, 1.807) is 30.6 Å². The summed E-state index contributed by atoms with van der Waals surface area (Å²) in [6, 6.07) is 15.8. The lowest BCUT2D eigenvalue weighted by Gasteiger charge is -2.25. The summed E-state index contributed by atoms with van der Waals surface area (Å²) in [6.07, 6.45) is 5.53. The minimum Gasteiger partial charge on any atom is -0.496 e. The molecule has 1 fully saturated rings. The van der Waals surface area contributed by atoms with Gasteiger partial charge in [-0.2, -0.15) is 0 Å². The number of ether oxygens (including phenoxy) is 2. The number of hydrogen-bond donors (Lipinski definition) is 0. The fourth-order valence-electron chi connectivity index (χ4n) is 3.52. The van der Waals surface area contributed by atoms with E-state index in [0.717, 1.165) is 46.0 Å². The van der Waals surface area contributed by atoms with Crippen molar-refractivity contribution in [3.63, 3.8) is 0 Å². The molecule has 3 aromatic rings. The summed E-state index contributed by atoms with van der Waals surface area (Å²) in [4.78, 5) is 19.4. The summed E-state index contributed by atoms with van der Waals surface area (Å²) in [7, 11) is 1.65. The maximum atomic E-state index is 13.0. The third kappa shape index (κ3) is 4.83. The van der Waals surface area contributed by atoms with Gasteiger partial charge in [0.05, 0.1) is 23.4 Å². The number of carbonyl (C=O) groups excluding carboxylic acids is 1. The Balaban J connectivity index is 1.53. The Kier molecular flexibility index (Phi) is 6.22. The van der Waals surface area contributed by atoms with Crippen LogP contribution in [0.25, 0.3) is 16.3 Å². The first-order chi connectivity index (χ1) is 14.2. The molecule has 0 N–H and O–H groups in total. The van der Waals surface area contributed by atoms with Gasteiger partial charge in [-0.15, -0.1) is 11.3 Å². The van der Waals surface area contributed by atoms with Gasteiger partial charge >= 0.3 is 0 Å². The largest absolute Gasteiger partial charge is 0.496 e. The van der Waals surface area contributed by atoms with Crippen LogP contribution in [0.4, 0.5) is 0 Å². The zero-order valence-electron chi connectivity index (χ0n) is 16.4. The Morgan fingerprint density at radius 3 is 2.90 bits per heavy atom. The molecule has 4 rings (SSSR count). The smallest absolute Gasteiger partial charge is 0.247 e. The van der Waals surface area contributed by atoms with Gasteiger partial charge in [0, 0.05) is 31.3 Å². The van der Waals surface area contributed by atoms with Gasteiger partial charge in [0.15, 0.2) is 0 Å². The quantitative estimate of drug-likeness (QED) is 0.539. The summed E-state index contributed by atoms with van der Waals surface area (Å²) < 4.78 is 12.3. The number of aromatic nitrogens is 1. The average molecular weight is 409 g/mol. The number of hydrogen-bond acceptors (Lipinski definition) is 5. The normalized spacial score (nSPS) is 16.5.